The van der Waals surface area contributed by atoms with E-state index in [9.17, 15) is 22.4 Å². The lowest BCUT2D eigenvalue weighted by Crippen LogP contribution is -2.30. The van der Waals surface area contributed by atoms with E-state index in [1.54, 1.807) is 0 Å². The molecule has 8 heteroatoms. The SMILES string of the molecule is CC(CC(=O)O)S(=O)(=O)CC(=O)Nc1ccc(F)cc1. The number of sulfone groups is 1. The fraction of sp³-hybridized carbons (Fsp3) is 0.333. The largest absolute Gasteiger partial charge is 0.481 e. The van der Waals surface area contributed by atoms with E-state index in [1.165, 1.54) is 19.1 Å². The van der Waals surface area contributed by atoms with Crippen LogP contribution in [0.15, 0.2) is 24.3 Å². The highest BCUT2D eigenvalue weighted by Gasteiger charge is 2.26. The summed E-state index contributed by atoms with van der Waals surface area (Å²) in [7, 11) is -3.85. The number of carboxylic acid groups (broad SMARTS) is 1. The minimum atomic E-state index is -3.85. The molecule has 2 N–H and O–H groups in total. The van der Waals surface area contributed by atoms with Gasteiger partial charge in [0.1, 0.15) is 11.6 Å². The third-order valence-corrected chi connectivity index (χ3v) is 4.59. The van der Waals surface area contributed by atoms with E-state index in [0.29, 0.717) is 0 Å². The van der Waals surface area contributed by atoms with Crippen LogP contribution in [-0.2, 0) is 19.4 Å². The second-order valence-electron chi connectivity index (χ2n) is 4.27. The molecule has 20 heavy (non-hydrogen) atoms. The summed E-state index contributed by atoms with van der Waals surface area (Å²) in [4.78, 5) is 22.0. The van der Waals surface area contributed by atoms with E-state index in [1.807, 2.05) is 0 Å². The molecule has 1 rings (SSSR count). The Morgan fingerprint density at radius 2 is 1.85 bits per heavy atom. The van der Waals surface area contributed by atoms with Crippen LogP contribution in [0.3, 0.4) is 0 Å². The van der Waals surface area contributed by atoms with Crippen LogP contribution < -0.4 is 5.32 Å². The zero-order chi connectivity index (χ0) is 15.3. The molecule has 1 unspecified atom stereocenters. The molecular weight excluding hydrogens is 289 g/mol. The number of rotatable bonds is 6. The molecule has 0 aliphatic carbocycles. The molecule has 0 bridgehead atoms. The average molecular weight is 303 g/mol. The number of anilines is 1. The number of carbonyl (C=O) groups excluding carboxylic acids is 1. The quantitative estimate of drug-likeness (QED) is 0.818. The highest BCUT2D eigenvalue weighted by Crippen LogP contribution is 2.10. The van der Waals surface area contributed by atoms with Gasteiger partial charge in [0.25, 0.3) is 0 Å². The first-order valence-corrected chi connectivity index (χ1v) is 7.41. The van der Waals surface area contributed by atoms with Crippen molar-refractivity contribution in [3.05, 3.63) is 30.1 Å². The summed E-state index contributed by atoms with van der Waals surface area (Å²) in [5, 5.41) is 9.69. The van der Waals surface area contributed by atoms with Crippen molar-refractivity contribution in [3.63, 3.8) is 0 Å². The van der Waals surface area contributed by atoms with Crippen molar-refractivity contribution in [2.75, 3.05) is 11.1 Å². The predicted molar refractivity (Wildman–Crippen MR) is 70.5 cm³/mol. The van der Waals surface area contributed by atoms with Crippen molar-refractivity contribution in [1.29, 1.82) is 0 Å². The van der Waals surface area contributed by atoms with Gasteiger partial charge in [0.05, 0.1) is 11.7 Å². The van der Waals surface area contributed by atoms with Crippen molar-refractivity contribution in [2.24, 2.45) is 0 Å². The number of carboxylic acids is 1. The van der Waals surface area contributed by atoms with Gasteiger partial charge in [-0.25, -0.2) is 12.8 Å². The fourth-order valence-corrected chi connectivity index (χ4v) is 2.55. The molecule has 0 fully saturated rings. The van der Waals surface area contributed by atoms with Gasteiger partial charge in [0.2, 0.25) is 5.91 Å². The van der Waals surface area contributed by atoms with Crippen molar-refractivity contribution in [2.45, 2.75) is 18.6 Å². The van der Waals surface area contributed by atoms with Gasteiger partial charge in [-0.2, -0.15) is 0 Å². The maximum atomic E-state index is 12.7. The van der Waals surface area contributed by atoms with Crippen LogP contribution in [0.5, 0.6) is 0 Å². The number of benzene rings is 1. The van der Waals surface area contributed by atoms with E-state index in [2.05, 4.69) is 5.32 Å². The topological polar surface area (TPSA) is 101 Å². The molecule has 0 aromatic heterocycles. The Balaban J connectivity index is 2.65. The standard InChI is InChI=1S/C12H14FNO5S/c1-8(6-12(16)17)20(18,19)7-11(15)14-10-4-2-9(13)3-5-10/h2-5,8H,6-7H2,1H3,(H,14,15)(H,16,17). The zero-order valence-corrected chi connectivity index (χ0v) is 11.5. The van der Waals surface area contributed by atoms with Crippen LogP contribution in [0.25, 0.3) is 0 Å². The predicted octanol–water partition coefficient (Wildman–Crippen LogP) is 1.04. The Bertz CT molecular complexity index is 597. The zero-order valence-electron chi connectivity index (χ0n) is 10.7. The summed E-state index contributed by atoms with van der Waals surface area (Å²) in [6.07, 6.45) is -0.563. The molecule has 0 aliphatic rings. The van der Waals surface area contributed by atoms with Crippen LogP contribution in [-0.4, -0.2) is 36.4 Å². The van der Waals surface area contributed by atoms with Crippen LogP contribution in [0, 0.1) is 5.82 Å². The summed E-state index contributed by atoms with van der Waals surface area (Å²) >= 11 is 0. The summed E-state index contributed by atoms with van der Waals surface area (Å²) < 4.78 is 36.1. The van der Waals surface area contributed by atoms with Crippen molar-refractivity contribution < 1.29 is 27.5 Å². The molecule has 0 saturated carbocycles. The Morgan fingerprint density at radius 1 is 1.30 bits per heavy atom. The van der Waals surface area contributed by atoms with Gasteiger partial charge in [0, 0.05) is 5.69 Å². The Morgan fingerprint density at radius 3 is 2.35 bits per heavy atom. The lowest BCUT2D eigenvalue weighted by Gasteiger charge is -2.10. The van der Waals surface area contributed by atoms with Crippen LogP contribution in [0.2, 0.25) is 0 Å². The van der Waals surface area contributed by atoms with Crippen molar-refractivity contribution in [1.82, 2.24) is 0 Å². The molecule has 1 atom stereocenters. The monoisotopic (exact) mass is 303 g/mol. The summed E-state index contributed by atoms with van der Waals surface area (Å²) in [6.45, 7) is 1.23. The normalized spacial score (nSPS) is 12.7. The van der Waals surface area contributed by atoms with Gasteiger partial charge in [-0.05, 0) is 31.2 Å². The second-order valence-corrected chi connectivity index (χ2v) is 6.69. The Labute approximate surface area is 115 Å². The van der Waals surface area contributed by atoms with Crippen molar-refractivity contribution in [3.8, 4) is 0 Å². The lowest BCUT2D eigenvalue weighted by atomic mass is 10.3. The molecule has 1 aromatic carbocycles. The average Bonchev–Trinajstić information content (AvgIpc) is 2.30. The smallest absolute Gasteiger partial charge is 0.304 e. The lowest BCUT2D eigenvalue weighted by molar-refractivity contribution is -0.137. The van der Waals surface area contributed by atoms with Gasteiger partial charge in [0.15, 0.2) is 9.84 Å². The molecule has 0 heterocycles. The summed E-state index contributed by atoms with van der Waals surface area (Å²) in [5.41, 5.74) is 0.262. The number of halogens is 1. The summed E-state index contributed by atoms with van der Waals surface area (Å²) in [6, 6.07) is 4.83. The number of hydrogen-bond acceptors (Lipinski definition) is 4. The molecule has 6 nitrogen and oxygen atoms in total. The van der Waals surface area contributed by atoms with Crippen LogP contribution >= 0.6 is 0 Å². The maximum Gasteiger partial charge on any atom is 0.304 e. The number of hydrogen-bond donors (Lipinski definition) is 2. The van der Waals surface area contributed by atoms with Crippen LogP contribution in [0.1, 0.15) is 13.3 Å². The molecule has 0 saturated heterocycles. The Hall–Kier alpha value is -1.96. The van der Waals surface area contributed by atoms with Crippen LogP contribution in [0.4, 0.5) is 10.1 Å². The number of carbonyl (C=O) groups is 2. The Kier molecular flexibility index (Phi) is 5.20. The van der Waals surface area contributed by atoms with Gasteiger partial charge in [-0.3, -0.25) is 9.59 Å². The van der Waals surface area contributed by atoms with E-state index in [4.69, 9.17) is 5.11 Å². The highest BCUT2D eigenvalue weighted by atomic mass is 32.2. The molecule has 110 valence electrons. The number of nitrogens with one attached hydrogen (secondary N) is 1. The first kappa shape index (κ1) is 16.1. The second kappa shape index (κ2) is 6.47. The van der Waals surface area contributed by atoms with Crippen molar-refractivity contribution >= 4 is 27.4 Å². The molecular formula is C12H14FNO5S. The summed E-state index contributed by atoms with van der Waals surface area (Å²) in [5.74, 6) is -3.35. The van der Waals surface area contributed by atoms with E-state index in [0.717, 1.165) is 12.1 Å². The molecule has 0 radical (unpaired) electrons. The molecule has 1 amide bonds. The number of amides is 1. The van der Waals surface area contributed by atoms with E-state index in [-0.39, 0.29) is 5.69 Å². The third kappa shape index (κ3) is 4.96. The van der Waals surface area contributed by atoms with E-state index >= 15 is 0 Å². The number of aliphatic carboxylic acids is 1. The fourth-order valence-electron chi connectivity index (χ4n) is 1.43. The third-order valence-electron chi connectivity index (χ3n) is 2.54. The van der Waals surface area contributed by atoms with Gasteiger partial charge in [-0.1, -0.05) is 0 Å². The minimum absolute atomic E-state index is 0.262. The molecule has 1 aromatic rings. The molecule has 0 spiro atoms. The first-order valence-electron chi connectivity index (χ1n) is 5.69. The highest BCUT2D eigenvalue weighted by molar-refractivity contribution is 7.92. The molecule has 0 aliphatic heterocycles. The van der Waals surface area contributed by atoms with Gasteiger partial charge < -0.3 is 10.4 Å². The maximum absolute atomic E-state index is 12.7. The first-order chi connectivity index (χ1) is 9.20. The van der Waals surface area contributed by atoms with E-state index < -0.39 is 45.0 Å². The minimum Gasteiger partial charge on any atom is -0.481 e. The van der Waals surface area contributed by atoms with Gasteiger partial charge in [-0.15, -0.1) is 0 Å². The van der Waals surface area contributed by atoms with Gasteiger partial charge >= 0.3 is 5.97 Å².